The number of nitrogens with two attached hydrogens (primary N) is 1. The lowest BCUT2D eigenvalue weighted by Gasteiger charge is -2.12. The van der Waals surface area contributed by atoms with E-state index in [2.05, 4.69) is 0 Å². The van der Waals surface area contributed by atoms with E-state index in [1.54, 1.807) is 7.11 Å². The number of hydrogen-bond acceptors (Lipinski definition) is 4. The van der Waals surface area contributed by atoms with Gasteiger partial charge in [-0.3, -0.25) is 0 Å². The van der Waals surface area contributed by atoms with Crippen molar-refractivity contribution in [3.63, 3.8) is 0 Å². The SMILES string of the molecule is COc1ccc(OCc2ccccc2)cc1OCCN. The number of rotatable bonds is 7. The summed E-state index contributed by atoms with van der Waals surface area (Å²) in [4.78, 5) is 0. The molecule has 0 aromatic heterocycles. The van der Waals surface area contributed by atoms with Crippen LogP contribution in [0.3, 0.4) is 0 Å². The van der Waals surface area contributed by atoms with Crippen LogP contribution in [0.5, 0.6) is 17.2 Å². The third kappa shape index (κ3) is 3.90. The van der Waals surface area contributed by atoms with E-state index >= 15 is 0 Å². The Morgan fingerprint density at radius 2 is 1.75 bits per heavy atom. The average Bonchev–Trinajstić information content (AvgIpc) is 2.52. The predicted molar refractivity (Wildman–Crippen MR) is 78.3 cm³/mol. The van der Waals surface area contributed by atoms with Gasteiger partial charge in [-0.1, -0.05) is 30.3 Å². The fraction of sp³-hybridized carbons (Fsp3) is 0.250. The summed E-state index contributed by atoms with van der Waals surface area (Å²) in [5.41, 5.74) is 6.56. The highest BCUT2D eigenvalue weighted by Gasteiger charge is 2.06. The zero-order valence-corrected chi connectivity index (χ0v) is 11.5. The van der Waals surface area contributed by atoms with Crippen molar-refractivity contribution in [3.8, 4) is 17.2 Å². The second-order valence-electron chi connectivity index (χ2n) is 4.22. The van der Waals surface area contributed by atoms with Crippen molar-refractivity contribution in [2.24, 2.45) is 5.73 Å². The monoisotopic (exact) mass is 273 g/mol. The van der Waals surface area contributed by atoms with Crippen LogP contribution in [0.2, 0.25) is 0 Å². The van der Waals surface area contributed by atoms with E-state index in [4.69, 9.17) is 19.9 Å². The first-order valence-corrected chi connectivity index (χ1v) is 6.51. The fourth-order valence-corrected chi connectivity index (χ4v) is 1.77. The largest absolute Gasteiger partial charge is 0.493 e. The molecule has 0 radical (unpaired) electrons. The molecule has 2 N–H and O–H groups in total. The van der Waals surface area contributed by atoms with Gasteiger partial charge in [0, 0.05) is 12.6 Å². The Bertz CT molecular complexity index is 529. The van der Waals surface area contributed by atoms with Gasteiger partial charge in [0.1, 0.15) is 19.0 Å². The Kier molecular flexibility index (Phi) is 5.26. The molecule has 4 nitrogen and oxygen atoms in total. The molecule has 0 bridgehead atoms. The molecular weight excluding hydrogens is 254 g/mol. The number of benzene rings is 2. The molecule has 0 amide bonds. The van der Waals surface area contributed by atoms with Crippen molar-refractivity contribution in [3.05, 3.63) is 54.1 Å². The maximum Gasteiger partial charge on any atom is 0.164 e. The molecule has 0 atom stereocenters. The van der Waals surface area contributed by atoms with Crippen LogP contribution in [-0.4, -0.2) is 20.3 Å². The Morgan fingerprint density at radius 3 is 2.45 bits per heavy atom. The van der Waals surface area contributed by atoms with Gasteiger partial charge in [-0.2, -0.15) is 0 Å². The third-order valence-electron chi connectivity index (χ3n) is 2.76. The van der Waals surface area contributed by atoms with Gasteiger partial charge in [0.15, 0.2) is 11.5 Å². The smallest absolute Gasteiger partial charge is 0.164 e. The third-order valence-corrected chi connectivity index (χ3v) is 2.76. The van der Waals surface area contributed by atoms with Gasteiger partial charge in [0.25, 0.3) is 0 Å². The Hall–Kier alpha value is -2.20. The zero-order valence-electron chi connectivity index (χ0n) is 11.5. The van der Waals surface area contributed by atoms with Crippen molar-refractivity contribution in [1.29, 1.82) is 0 Å². The Labute approximate surface area is 119 Å². The minimum absolute atomic E-state index is 0.443. The molecule has 0 heterocycles. The lowest BCUT2D eigenvalue weighted by Crippen LogP contribution is -2.11. The minimum atomic E-state index is 0.443. The van der Waals surface area contributed by atoms with Crippen molar-refractivity contribution < 1.29 is 14.2 Å². The number of hydrogen-bond donors (Lipinski definition) is 1. The van der Waals surface area contributed by atoms with Crippen LogP contribution in [0.1, 0.15) is 5.56 Å². The molecule has 0 unspecified atom stereocenters. The lowest BCUT2D eigenvalue weighted by molar-refractivity contribution is 0.286. The van der Waals surface area contributed by atoms with Gasteiger partial charge >= 0.3 is 0 Å². The molecule has 0 saturated heterocycles. The molecule has 0 aliphatic heterocycles. The van der Waals surface area contributed by atoms with Crippen LogP contribution in [0.25, 0.3) is 0 Å². The van der Waals surface area contributed by atoms with E-state index < -0.39 is 0 Å². The molecule has 2 aromatic carbocycles. The average molecular weight is 273 g/mol. The highest BCUT2D eigenvalue weighted by molar-refractivity contribution is 5.45. The van der Waals surface area contributed by atoms with E-state index in [9.17, 15) is 0 Å². The quantitative estimate of drug-likeness (QED) is 0.842. The van der Waals surface area contributed by atoms with Gasteiger partial charge < -0.3 is 19.9 Å². The molecular formula is C16H19NO3. The van der Waals surface area contributed by atoms with Crippen LogP contribution in [-0.2, 0) is 6.61 Å². The van der Waals surface area contributed by atoms with Crippen LogP contribution in [0.15, 0.2) is 48.5 Å². The van der Waals surface area contributed by atoms with Gasteiger partial charge in [-0.05, 0) is 17.7 Å². The number of methoxy groups -OCH3 is 1. The molecule has 0 spiro atoms. The summed E-state index contributed by atoms with van der Waals surface area (Å²) in [7, 11) is 1.61. The van der Waals surface area contributed by atoms with E-state index in [1.807, 2.05) is 48.5 Å². The van der Waals surface area contributed by atoms with Crippen LogP contribution in [0.4, 0.5) is 0 Å². The minimum Gasteiger partial charge on any atom is -0.493 e. The van der Waals surface area contributed by atoms with Crippen LogP contribution in [0, 0.1) is 0 Å². The summed E-state index contributed by atoms with van der Waals surface area (Å²) in [6.07, 6.45) is 0. The zero-order chi connectivity index (χ0) is 14.2. The van der Waals surface area contributed by atoms with Gasteiger partial charge in [-0.15, -0.1) is 0 Å². The maximum atomic E-state index is 5.75. The molecule has 0 aliphatic carbocycles. The lowest BCUT2D eigenvalue weighted by atomic mass is 10.2. The van der Waals surface area contributed by atoms with Crippen molar-refractivity contribution in [2.75, 3.05) is 20.3 Å². The van der Waals surface area contributed by atoms with E-state index in [-0.39, 0.29) is 0 Å². The van der Waals surface area contributed by atoms with Crippen molar-refractivity contribution in [2.45, 2.75) is 6.61 Å². The molecule has 0 saturated carbocycles. The van der Waals surface area contributed by atoms with Crippen molar-refractivity contribution in [1.82, 2.24) is 0 Å². The first kappa shape index (κ1) is 14.2. The molecule has 0 fully saturated rings. The summed E-state index contributed by atoms with van der Waals surface area (Å²) in [5.74, 6) is 2.05. The van der Waals surface area contributed by atoms with E-state index in [1.165, 1.54) is 0 Å². The molecule has 2 aromatic rings. The first-order valence-electron chi connectivity index (χ1n) is 6.51. The maximum absolute atomic E-state index is 5.75. The predicted octanol–water partition coefficient (Wildman–Crippen LogP) is 2.61. The molecule has 0 aliphatic rings. The van der Waals surface area contributed by atoms with Crippen LogP contribution >= 0.6 is 0 Å². The standard InChI is InChI=1S/C16H19NO3/c1-18-15-8-7-14(11-16(15)19-10-9-17)20-12-13-5-3-2-4-6-13/h2-8,11H,9-10,12,17H2,1H3. The van der Waals surface area contributed by atoms with Crippen molar-refractivity contribution >= 4 is 0 Å². The second-order valence-corrected chi connectivity index (χ2v) is 4.22. The summed E-state index contributed by atoms with van der Waals surface area (Å²) in [5, 5.41) is 0. The second kappa shape index (κ2) is 7.40. The van der Waals surface area contributed by atoms with Crippen LogP contribution < -0.4 is 19.9 Å². The molecule has 4 heteroatoms. The van der Waals surface area contributed by atoms with E-state index in [0.717, 1.165) is 11.3 Å². The first-order chi connectivity index (χ1) is 9.83. The Morgan fingerprint density at radius 1 is 0.950 bits per heavy atom. The number of ether oxygens (including phenoxy) is 3. The highest BCUT2D eigenvalue weighted by Crippen LogP contribution is 2.31. The normalized spacial score (nSPS) is 10.1. The van der Waals surface area contributed by atoms with E-state index in [0.29, 0.717) is 31.3 Å². The summed E-state index contributed by atoms with van der Waals surface area (Å²) < 4.78 is 16.5. The molecule has 2 rings (SSSR count). The molecule has 20 heavy (non-hydrogen) atoms. The Balaban J connectivity index is 2.04. The topological polar surface area (TPSA) is 53.7 Å². The van der Waals surface area contributed by atoms with Gasteiger partial charge in [-0.25, -0.2) is 0 Å². The highest BCUT2D eigenvalue weighted by atomic mass is 16.5. The van der Waals surface area contributed by atoms with Gasteiger partial charge in [0.05, 0.1) is 7.11 Å². The summed E-state index contributed by atoms with van der Waals surface area (Å²) in [6, 6.07) is 15.5. The fourth-order valence-electron chi connectivity index (χ4n) is 1.77. The summed E-state index contributed by atoms with van der Waals surface area (Å²) >= 11 is 0. The van der Waals surface area contributed by atoms with Gasteiger partial charge in [0.2, 0.25) is 0 Å². The molecule has 106 valence electrons. The summed E-state index contributed by atoms with van der Waals surface area (Å²) in [6.45, 7) is 1.42.